The van der Waals surface area contributed by atoms with Gasteiger partial charge < -0.3 is 213 Å². The second kappa shape index (κ2) is 32.9. The van der Waals surface area contributed by atoms with E-state index in [9.17, 15) is 133 Å². The molecular weight excluding hydrogens is 1300 g/mol. The molecule has 15 unspecified atom stereocenters. The van der Waals surface area contributed by atoms with Gasteiger partial charge in [-0.15, -0.1) is 0 Å². The first-order valence-electron chi connectivity index (χ1n) is 29.9. The minimum Gasteiger partial charge on any atom is -0.394 e. The van der Waals surface area contributed by atoms with E-state index in [4.69, 9.17) is 80.5 Å². The van der Waals surface area contributed by atoms with Crippen LogP contribution in [0, 0.1) is 0 Å². The van der Waals surface area contributed by atoms with Crippen molar-refractivity contribution >= 4 is 0 Å². The van der Waals surface area contributed by atoms with Gasteiger partial charge in [-0.05, 0) is 0 Å². The van der Waals surface area contributed by atoms with Gasteiger partial charge in [0.15, 0.2) is 56.6 Å². The third-order valence-electron chi connectivity index (χ3n) is 17.5. The maximum atomic E-state index is 12.1. The molecule has 548 valence electrons. The van der Waals surface area contributed by atoms with Gasteiger partial charge in [-0.2, -0.15) is 0 Å². The standard InChI is InChI=1S/C51H86O43/c52-1-13-22(61)25(64)33(72)45(85-13)93-41-20(59)11(56)5-79-50(41)82-8-17-39(91-47-35(74)27(66)24(63)16(87-47)7-81-44-32(71)19(58)10(55)4-78-44)30(69)37(76)49(89-17)92-40-18(88-48(36(75)29(40)68)90-38-15(3-54)84-43(77)31(70)28(38)67)9-83-51-42(21(60)12(57)6-80-51)94-46-34(73)26(65)23(62)14(2-53)86-46/h10-77H,1-9H2/t10-,11+,12-,13+,14?,15+,16?,17+,18?,19+,20?,21+,22+,23+,24-,25?,26+,27+,28?,29-,30?,31?,32?,33?,34?,35?,36?,37?,38-,39-,40-,41-,42?,43-,44-,45+,46+,47+,48+,49+,50+,51-/m1/s1. The third-order valence-corrected chi connectivity index (χ3v) is 17.5. The molecule has 0 radical (unpaired) electrons. The highest BCUT2D eigenvalue weighted by atomic mass is 16.8. The summed E-state index contributed by atoms with van der Waals surface area (Å²) in [6, 6.07) is 0. The molecule has 0 spiro atoms. The summed E-state index contributed by atoms with van der Waals surface area (Å²) < 4.78 is 97.1. The Morgan fingerprint density at radius 3 is 0.894 bits per heavy atom. The Morgan fingerprint density at radius 2 is 0.500 bits per heavy atom. The Hall–Kier alpha value is -1.72. The van der Waals surface area contributed by atoms with Crippen LogP contribution in [0.2, 0.25) is 0 Å². The minimum atomic E-state index is -2.48. The first-order chi connectivity index (χ1) is 44.5. The van der Waals surface area contributed by atoms with Gasteiger partial charge in [0.25, 0.3) is 0 Å². The normalized spacial score (nSPS) is 53.9. The van der Waals surface area contributed by atoms with Crippen molar-refractivity contribution in [2.45, 2.75) is 258 Å². The molecule has 9 rings (SSSR count). The molecule has 0 aromatic carbocycles. The van der Waals surface area contributed by atoms with Crippen molar-refractivity contribution in [2.75, 3.05) is 59.5 Å². The molecule has 0 aromatic rings. The highest BCUT2D eigenvalue weighted by molar-refractivity contribution is 5.00. The first-order valence-corrected chi connectivity index (χ1v) is 29.9. The predicted molar refractivity (Wildman–Crippen MR) is 279 cm³/mol. The lowest BCUT2D eigenvalue weighted by Gasteiger charge is -2.49. The van der Waals surface area contributed by atoms with E-state index in [1.807, 2.05) is 0 Å². The number of ether oxygens (including phenoxy) is 17. The number of aliphatic hydroxyl groups excluding tert-OH is 26. The van der Waals surface area contributed by atoms with Crippen LogP contribution in [-0.2, 0) is 80.5 Å². The summed E-state index contributed by atoms with van der Waals surface area (Å²) in [7, 11) is 0. The quantitative estimate of drug-likeness (QED) is 0.0479. The number of rotatable bonds is 22. The van der Waals surface area contributed by atoms with Gasteiger partial charge in [0.1, 0.15) is 201 Å². The van der Waals surface area contributed by atoms with Crippen LogP contribution in [0.25, 0.3) is 0 Å². The van der Waals surface area contributed by atoms with E-state index >= 15 is 0 Å². The molecule has 26 N–H and O–H groups in total. The molecule has 9 aliphatic heterocycles. The molecule has 42 atom stereocenters. The fraction of sp³-hybridized carbons (Fsp3) is 1.00. The van der Waals surface area contributed by atoms with E-state index in [2.05, 4.69) is 0 Å². The number of aliphatic hydroxyl groups is 26. The SMILES string of the molecule is OCC1O[C@@H](OC2[C@@H](OCC3O[C@@H](O[C@H]4C(O)C(O)[C@H](O)O[C@H]4CO)C(O)[C@@H](O)[C@@H]3O[C@@H]3O[C@@H](CO[C@@H]4OC[C@H](O)C(O)[C@H]4O[C@@H]4O[C@@H](CO)[C@H](O)C(O)C4O)[C@@H](O[C@@H]4OC(CO[C@H]5OC[C@@H](O)[C@H](O)C5O)[C@@H](O)[C@H](O)C4O)C(O)C3O)OC[C@@H](O)[C@@H]2O)C(O)[C@@H](O)[C@H]1O. The van der Waals surface area contributed by atoms with Crippen molar-refractivity contribution in [3.8, 4) is 0 Å². The molecule has 9 saturated heterocycles. The van der Waals surface area contributed by atoms with E-state index < -0.39 is 318 Å². The topological polar surface area (TPSA) is 683 Å². The van der Waals surface area contributed by atoms with Crippen LogP contribution in [-0.4, -0.2) is 450 Å². The van der Waals surface area contributed by atoms with Crippen molar-refractivity contribution in [3.05, 3.63) is 0 Å². The zero-order valence-corrected chi connectivity index (χ0v) is 49.2. The van der Waals surface area contributed by atoms with Gasteiger partial charge in [0.2, 0.25) is 0 Å². The second-order valence-electron chi connectivity index (χ2n) is 24.0. The summed E-state index contributed by atoms with van der Waals surface area (Å²) >= 11 is 0. The first kappa shape index (κ1) is 76.5. The van der Waals surface area contributed by atoms with Gasteiger partial charge in [-0.1, -0.05) is 0 Å². The average Bonchev–Trinajstić information content (AvgIpc) is 0.783. The summed E-state index contributed by atoms with van der Waals surface area (Å²) in [6.07, 6.45) is -84.5. The van der Waals surface area contributed by atoms with Gasteiger partial charge in [0.05, 0.1) is 59.5 Å². The van der Waals surface area contributed by atoms with Crippen molar-refractivity contribution in [1.29, 1.82) is 0 Å². The molecule has 9 aliphatic rings. The Labute approximate surface area is 530 Å². The smallest absolute Gasteiger partial charge is 0.187 e. The van der Waals surface area contributed by atoms with Crippen LogP contribution in [0.3, 0.4) is 0 Å². The van der Waals surface area contributed by atoms with Crippen LogP contribution >= 0.6 is 0 Å². The van der Waals surface area contributed by atoms with Crippen molar-refractivity contribution < 1.29 is 213 Å². The highest BCUT2D eigenvalue weighted by Gasteiger charge is 2.58. The maximum Gasteiger partial charge on any atom is 0.187 e. The summed E-state index contributed by atoms with van der Waals surface area (Å²) in [5.74, 6) is 0. The lowest BCUT2D eigenvalue weighted by molar-refractivity contribution is -0.397. The van der Waals surface area contributed by atoms with Crippen LogP contribution in [0.5, 0.6) is 0 Å². The molecule has 0 amide bonds. The fourth-order valence-corrected chi connectivity index (χ4v) is 11.8. The maximum absolute atomic E-state index is 12.1. The van der Waals surface area contributed by atoms with Crippen LogP contribution < -0.4 is 0 Å². The van der Waals surface area contributed by atoms with E-state index in [1.54, 1.807) is 0 Å². The Morgan fingerprint density at radius 1 is 0.223 bits per heavy atom. The van der Waals surface area contributed by atoms with Gasteiger partial charge in [-0.3, -0.25) is 0 Å². The van der Waals surface area contributed by atoms with Crippen LogP contribution in [0.15, 0.2) is 0 Å². The van der Waals surface area contributed by atoms with Crippen LogP contribution in [0.4, 0.5) is 0 Å². The van der Waals surface area contributed by atoms with Gasteiger partial charge in [-0.25, -0.2) is 0 Å². The van der Waals surface area contributed by atoms with Crippen molar-refractivity contribution in [2.24, 2.45) is 0 Å². The number of hydrogen-bond acceptors (Lipinski definition) is 43. The molecule has 43 nitrogen and oxygen atoms in total. The molecular formula is C51H86O43. The predicted octanol–water partition coefficient (Wildman–Crippen LogP) is -18.7. The van der Waals surface area contributed by atoms with E-state index in [0.29, 0.717) is 0 Å². The molecule has 0 aliphatic carbocycles. The average molecular weight is 1390 g/mol. The Bertz CT molecular complexity index is 2290. The second-order valence-corrected chi connectivity index (χ2v) is 24.0. The molecule has 0 saturated carbocycles. The lowest BCUT2D eigenvalue weighted by atomic mass is 9.95. The zero-order chi connectivity index (χ0) is 68.6. The zero-order valence-electron chi connectivity index (χ0n) is 49.2. The molecule has 94 heavy (non-hydrogen) atoms. The van der Waals surface area contributed by atoms with E-state index in [0.717, 1.165) is 0 Å². The van der Waals surface area contributed by atoms with E-state index in [1.165, 1.54) is 0 Å². The van der Waals surface area contributed by atoms with Gasteiger partial charge >= 0.3 is 0 Å². The summed E-state index contributed by atoms with van der Waals surface area (Å²) in [4.78, 5) is 0. The summed E-state index contributed by atoms with van der Waals surface area (Å²) in [6.45, 7) is -7.83. The van der Waals surface area contributed by atoms with Crippen molar-refractivity contribution in [3.63, 3.8) is 0 Å². The highest BCUT2D eigenvalue weighted by Crippen LogP contribution is 2.38. The fourth-order valence-electron chi connectivity index (χ4n) is 11.8. The van der Waals surface area contributed by atoms with Crippen LogP contribution in [0.1, 0.15) is 0 Å². The monoisotopic (exact) mass is 1390 g/mol. The minimum absolute atomic E-state index is 0.534. The van der Waals surface area contributed by atoms with Gasteiger partial charge in [0, 0.05) is 0 Å². The Balaban J connectivity index is 1.00. The molecule has 0 bridgehead atoms. The Kier molecular flexibility index (Phi) is 26.8. The third kappa shape index (κ3) is 16.3. The van der Waals surface area contributed by atoms with E-state index in [-0.39, 0.29) is 0 Å². The number of hydrogen-bond donors (Lipinski definition) is 26. The molecule has 0 aromatic heterocycles. The molecule has 9 fully saturated rings. The van der Waals surface area contributed by atoms with Crippen molar-refractivity contribution in [1.82, 2.24) is 0 Å². The largest absolute Gasteiger partial charge is 0.394 e. The molecule has 43 heteroatoms. The summed E-state index contributed by atoms with van der Waals surface area (Å²) in [5, 5.41) is 280. The summed E-state index contributed by atoms with van der Waals surface area (Å²) in [5.41, 5.74) is 0. The molecule has 9 heterocycles. The lowest BCUT2D eigenvalue weighted by Crippen LogP contribution is -2.68.